The third-order valence-electron chi connectivity index (χ3n) is 4.07. The number of amides is 1. The number of carbonyl (C=O) groups excluding carboxylic acids is 1. The molecule has 1 aliphatic rings. The van der Waals surface area contributed by atoms with E-state index in [-0.39, 0.29) is 25.1 Å². The van der Waals surface area contributed by atoms with E-state index in [9.17, 15) is 38.2 Å². The zero-order valence-corrected chi connectivity index (χ0v) is 13.9. The Morgan fingerprint density at radius 1 is 0.964 bits per heavy atom. The molecule has 1 amide bonds. The molecule has 0 bridgehead atoms. The fraction of sp³-hybridized carbons (Fsp3) is 0.188. The molecule has 1 saturated heterocycles. The van der Waals surface area contributed by atoms with Crippen molar-refractivity contribution in [2.75, 3.05) is 16.6 Å². The van der Waals surface area contributed by atoms with Crippen LogP contribution in [0.2, 0.25) is 0 Å². The van der Waals surface area contributed by atoms with Gasteiger partial charge in [-0.3, -0.25) is 30.0 Å². The standard InChI is InChI=1S/C16H11F3N4O5/c17-16(18,19)10-8-12(22(25)26)15(13(9-10)23(27)28)21-14(24)6-7-20(21)11-4-2-1-3-5-11/h1-5,8-9H,6-7H2. The van der Waals surface area contributed by atoms with Crippen molar-refractivity contribution in [1.29, 1.82) is 0 Å². The van der Waals surface area contributed by atoms with Gasteiger partial charge in [0.2, 0.25) is 11.6 Å². The molecule has 0 spiro atoms. The van der Waals surface area contributed by atoms with Crippen molar-refractivity contribution in [3.8, 4) is 0 Å². The van der Waals surface area contributed by atoms with E-state index >= 15 is 0 Å². The Bertz CT molecular complexity index is 929. The van der Waals surface area contributed by atoms with Gasteiger partial charge in [0.1, 0.15) is 0 Å². The van der Waals surface area contributed by atoms with Crippen molar-refractivity contribution < 1.29 is 27.8 Å². The zero-order chi connectivity index (χ0) is 20.6. The summed E-state index contributed by atoms with van der Waals surface area (Å²) in [4.78, 5) is 32.9. The fourth-order valence-electron chi connectivity index (χ4n) is 2.90. The van der Waals surface area contributed by atoms with Crippen LogP contribution in [0.1, 0.15) is 12.0 Å². The lowest BCUT2D eigenvalue weighted by molar-refractivity contribution is -0.393. The lowest BCUT2D eigenvalue weighted by Gasteiger charge is -2.29. The summed E-state index contributed by atoms with van der Waals surface area (Å²) in [5.41, 5.74) is -4.32. The number of benzene rings is 2. The normalized spacial score (nSPS) is 14.5. The highest BCUT2D eigenvalue weighted by Crippen LogP contribution is 2.45. The lowest BCUT2D eigenvalue weighted by Crippen LogP contribution is -2.40. The van der Waals surface area contributed by atoms with E-state index < -0.39 is 44.6 Å². The highest BCUT2D eigenvalue weighted by Gasteiger charge is 2.44. The smallest absolute Gasteiger partial charge is 0.277 e. The molecule has 28 heavy (non-hydrogen) atoms. The minimum absolute atomic E-state index is 0.0537. The molecule has 2 aromatic carbocycles. The molecule has 0 radical (unpaired) electrons. The number of nitrogens with zero attached hydrogens (tertiary/aromatic N) is 4. The monoisotopic (exact) mass is 396 g/mol. The van der Waals surface area contributed by atoms with Crippen LogP contribution in [0.5, 0.6) is 0 Å². The minimum Gasteiger partial charge on any atom is -0.277 e. The summed E-state index contributed by atoms with van der Waals surface area (Å²) in [5, 5.41) is 24.8. The van der Waals surface area contributed by atoms with Crippen LogP contribution in [-0.4, -0.2) is 22.3 Å². The van der Waals surface area contributed by atoms with Crippen LogP contribution in [0.3, 0.4) is 0 Å². The summed E-state index contributed by atoms with van der Waals surface area (Å²) < 4.78 is 39.2. The van der Waals surface area contributed by atoms with Gasteiger partial charge < -0.3 is 0 Å². The van der Waals surface area contributed by atoms with Crippen molar-refractivity contribution in [2.45, 2.75) is 12.6 Å². The Kier molecular flexibility index (Phi) is 4.63. The number of hydrogen-bond acceptors (Lipinski definition) is 6. The molecule has 0 aliphatic carbocycles. The van der Waals surface area contributed by atoms with Crippen molar-refractivity contribution in [3.05, 3.63) is 68.3 Å². The predicted molar refractivity (Wildman–Crippen MR) is 90.6 cm³/mol. The first kappa shape index (κ1) is 19.1. The first-order valence-electron chi connectivity index (χ1n) is 7.80. The molecule has 12 heteroatoms. The van der Waals surface area contributed by atoms with Crippen LogP contribution in [0.4, 0.5) is 35.9 Å². The van der Waals surface area contributed by atoms with Crippen LogP contribution in [0, 0.1) is 20.2 Å². The number of nitro benzene ring substituents is 2. The number of carbonyl (C=O) groups is 1. The van der Waals surface area contributed by atoms with Crippen LogP contribution >= 0.6 is 0 Å². The third kappa shape index (κ3) is 3.31. The molecular weight excluding hydrogens is 385 g/mol. The van der Waals surface area contributed by atoms with Gasteiger partial charge in [-0.2, -0.15) is 13.2 Å². The van der Waals surface area contributed by atoms with Crippen molar-refractivity contribution in [3.63, 3.8) is 0 Å². The van der Waals surface area contributed by atoms with Gasteiger partial charge in [0, 0.05) is 25.1 Å². The highest BCUT2D eigenvalue weighted by atomic mass is 19.4. The number of hydrazine groups is 1. The van der Waals surface area contributed by atoms with Crippen LogP contribution in [0.15, 0.2) is 42.5 Å². The maximum Gasteiger partial charge on any atom is 0.416 e. The summed E-state index contributed by atoms with van der Waals surface area (Å²) in [6.45, 7) is 0.0537. The number of alkyl halides is 3. The Hall–Kier alpha value is -3.70. The predicted octanol–water partition coefficient (Wildman–Crippen LogP) is 3.68. The van der Waals surface area contributed by atoms with Gasteiger partial charge in [-0.15, -0.1) is 0 Å². The maximum absolute atomic E-state index is 13.1. The SMILES string of the molecule is O=C1CCN(c2ccccc2)N1c1c([N+](=O)[O-])cc(C(F)(F)F)cc1[N+](=O)[O-]. The van der Waals surface area contributed by atoms with Gasteiger partial charge in [0.25, 0.3) is 0 Å². The Balaban J connectivity index is 2.28. The summed E-state index contributed by atoms with van der Waals surface area (Å²) in [5.74, 6) is -0.713. The Labute approximate surface area is 154 Å². The molecule has 0 saturated carbocycles. The van der Waals surface area contributed by atoms with Gasteiger partial charge in [-0.1, -0.05) is 18.2 Å². The molecule has 9 nitrogen and oxygen atoms in total. The molecule has 3 rings (SSSR count). The molecule has 0 unspecified atom stereocenters. The largest absolute Gasteiger partial charge is 0.416 e. The first-order valence-corrected chi connectivity index (χ1v) is 7.80. The van der Waals surface area contributed by atoms with Crippen molar-refractivity contribution >= 4 is 28.7 Å². The van der Waals surface area contributed by atoms with Crippen LogP contribution in [0.25, 0.3) is 0 Å². The van der Waals surface area contributed by atoms with Gasteiger partial charge in [-0.25, -0.2) is 5.01 Å². The topological polar surface area (TPSA) is 110 Å². The second-order valence-electron chi connectivity index (χ2n) is 5.79. The van der Waals surface area contributed by atoms with E-state index in [1.807, 2.05) is 0 Å². The molecule has 146 valence electrons. The van der Waals surface area contributed by atoms with E-state index in [1.54, 1.807) is 30.3 Å². The van der Waals surface area contributed by atoms with Gasteiger partial charge in [0.15, 0.2) is 0 Å². The second kappa shape index (κ2) is 6.79. The zero-order valence-electron chi connectivity index (χ0n) is 13.9. The van der Waals surface area contributed by atoms with E-state index in [1.165, 1.54) is 5.01 Å². The molecule has 0 atom stereocenters. The lowest BCUT2D eigenvalue weighted by atomic mass is 10.1. The summed E-state index contributed by atoms with van der Waals surface area (Å²) in [6, 6.07) is 8.42. The molecule has 1 heterocycles. The average Bonchev–Trinajstić information content (AvgIpc) is 3.01. The number of halogens is 3. The Morgan fingerprint density at radius 2 is 1.50 bits per heavy atom. The second-order valence-corrected chi connectivity index (χ2v) is 5.79. The van der Waals surface area contributed by atoms with E-state index in [0.29, 0.717) is 10.7 Å². The Morgan fingerprint density at radius 3 is 1.96 bits per heavy atom. The van der Waals surface area contributed by atoms with Crippen molar-refractivity contribution in [2.24, 2.45) is 0 Å². The van der Waals surface area contributed by atoms with Crippen molar-refractivity contribution in [1.82, 2.24) is 0 Å². The number of rotatable bonds is 4. The maximum atomic E-state index is 13.1. The highest BCUT2D eigenvalue weighted by molar-refractivity contribution is 6.03. The average molecular weight is 396 g/mol. The fourth-order valence-corrected chi connectivity index (χ4v) is 2.90. The van der Waals surface area contributed by atoms with Gasteiger partial charge >= 0.3 is 17.6 Å². The summed E-state index contributed by atoms with van der Waals surface area (Å²) in [7, 11) is 0. The first-order chi connectivity index (χ1) is 13.1. The molecular formula is C16H11F3N4O5. The van der Waals surface area contributed by atoms with E-state index in [0.717, 1.165) is 0 Å². The number of para-hydroxylation sites is 1. The van der Waals surface area contributed by atoms with Gasteiger partial charge in [-0.05, 0) is 12.1 Å². The van der Waals surface area contributed by atoms with Crippen LogP contribution in [-0.2, 0) is 11.0 Å². The molecule has 2 aromatic rings. The van der Waals surface area contributed by atoms with Crippen LogP contribution < -0.4 is 10.0 Å². The molecule has 1 aliphatic heterocycles. The van der Waals surface area contributed by atoms with E-state index in [4.69, 9.17) is 0 Å². The molecule has 0 aromatic heterocycles. The third-order valence-corrected chi connectivity index (χ3v) is 4.07. The number of hydrogen-bond donors (Lipinski definition) is 0. The molecule has 0 N–H and O–H groups in total. The summed E-state index contributed by atoms with van der Waals surface area (Å²) in [6.07, 6.45) is -5.16. The summed E-state index contributed by atoms with van der Waals surface area (Å²) >= 11 is 0. The quantitative estimate of drug-likeness (QED) is 0.576. The number of nitro groups is 2. The van der Waals surface area contributed by atoms with Gasteiger partial charge in [0.05, 0.1) is 21.1 Å². The number of anilines is 2. The molecule has 1 fully saturated rings. The minimum atomic E-state index is -5.04. The van der Waals surface area contributed by atoms with E-state index in [2.05, 4.69) is 0 Å².